The van der Waals surface area contributed by atoms with E-state index in [4.69, 9.17) is 14.2 Å². The van der Waals surface area contributed by atoms with Crippen molar-refractivity contribution in [3.05, 3.63) is 12.5 Å². The topological polar surface area (TPSA) is 100 Å². The van der Waals surface area contributed by atoms with Crippen molar-refractivity contribution in [2.75, 3.05) is 18.5 Å². The molecule has 0 radical (unpaired) electrons. The maximum atomic E-state index is 11.2. The largest absolute Gasteiger partial charge is 0.376 e. The highest BCUT2D eigenvalue weighted by Crippen LogP contribution is 2.12. The standard InChI is InChI=1S/C17H27N5O4/c1-11(2)24-7-14(8-25-12(3)4)26-10-22-9-19-15-6-18-17(20-13(5)23)21-16(15)22/h6,9,11-12,14H,7-8,10H2,1-5H3,(H,18,20,21,23). The fourth-order valence-corrected chi connectivity index (χ4v) is 2.10. The molecule has 0 aliphatic rings. The van der Waals surface area contributed by atoms with Crippen LogP contribution in [0.2, 0.25) is 0 Å². The lowest BCUT2D eigenvalue weighted by molar-refractivity contribution is -0.114. The first-order chi connectivity index (χ1) is 12.3. The van der Waals surface area contributed by atoms with Crippen molar-refractivity contribution >= 4 is 23.0 Å². The second-order valence-electron chi connectivity index (χ2n) is 6.48. The molecule has 0 unspecified atom stereocenters. The maximum absolute atomic E-state index is 11.2. The lowest BCUT2D eigenvalue weighted by atomic mass is 10.3. The number of nitrogens with zero attached hydrogens (tertiary/aromatic N) is 4. The lowest BCUT2D eigenvalue weighted by Crippen LogP contribution is -2.29. The molecule has 0 fully saturated rings. The van der Waals surface area contributed by atoms with Crippen molar-refractivity contribution < 1.29 is 19.0 Å². The zero-order valence-electron chi connectivity index (χ0n) is 15.9. The van der Waals surface area contributed by atoms with E-state index in [1.807, 2.05) is 27.7 Å². The van der Waals surface area contributed by atoms with E-state index in [-0.39, 0.29) is 36.9 Å². The predicted molar refractivity (Wildman–Crippen MR) is 96.7 cm³/mol. The summed E-state index contributed by atoms with van der Waals surface area (Å²) < 4.78 is 19.0. The van der Waals surface area contributed by atoms with E-state index in [1.54, 1.807) is 17.1 Å². The van der Waals surface area contributed by atoms with Gasteiger partial charge in [0.2, 0.25) is 11.9 Å². The Kier molecular flexibility index (Phi) is 7.43. The molecule has 2 aromatic rings. The number of carbonyl (C=O) groups is 1. The van der Waals surface area contributed by atoms with E-state index in [0.717, 1.165) is 0 Å². The van der Waals surface area contributed by atoms with Crippen LogP contribution in [0.5, 0.6) is 0 Å². The van der Waals surface area contributed by atoms with Crippen molar-refractivity contribution in [2.45, 2.75) is 59.7 Å². The first-order valence-corrected chi connectivity index (χ1v) is 8.65. The number of amides is 1. The summed E-state index contributed by atoms with van der Waals surface area (Å²) in [6.07, 6.45) is 3.20. The van der Waals surface area contributed by atoms with Gasteiger partial charge in [-0.1, -0.05) is 0 Å². The average Bonchev–Trinajstić information content (AvgIpc) is 2.95. The highest BCUT2D eigenvalue weighted by molar-refractivity contribution is 5.87. The number of hydrogen-bond donors (Lipinski definition) is 1. The first kappa shape index (κ1) is 20.2. The van der Waals surface area contributed by atoms with Crippen molar-refractivity contribution in [3.63, 3.8) is 0 Å². The third-order valence-corrected chi connectivity index (χ3v) is 3.33. The Balaban J connectivity index is 2.05. The highest BCUT2D eigenvalue weighted by atomic mass is 16.6. The van der Waals surface area contributed by atoms with Gasteiger partial charge in [0.1, 0.15) is 18.4 Å². The molecule has 0 saturated carbocycles. The summed E-state index contributed by atoms with van der Waals surface area (Å²) >= 11 is 0. The van der Waals surface area contributed by atoms with Crippen molar-refractivity contribution in [2.24, 2.45) is 0 Å². The molecule has 0 aliphatic carbocycles. The Hall–Kier alpha value is -2.10. The van der Waals surface area contributed by atoms with E-state index in [2.05, 4.69) is 20.3 Å². The van der Waals surface area contributed by atoms with Crippen LogP contribution in [0.4, 0.5) is 5.95 Å². The molecular formula is C17H27N5O4. The van der Waals surface area contributed by atoms with Gasteiger partial charge in [-0.05, 0) is 27.7 Å². The summed E-state index contributed by atoms with van der Waals surface area (Å²) in [7, 11) is 0. The Morgan fingerprint density at radius 1 is 1.12 bits per heavy atom. The average molecular weight is 365 g/mol. The molecule has 0 spiro atoms. The Morgan fingerprint density at radius 2 is 1.77 bits per heavy atom. The van der Waals surface area contributed by atoms with Crippen LogP contribution in [0.1, 0.15) is 34.6 Å². The number of imidazole rings is 1. The van der Waals surface area contributed by atoms with E-state index in [9.17, 15) is 4.79 Å². The minimum absolute atomic E-state index is 0.113. The van der Waals surface area contributed by atoms with Crippen LogP contribution in [0.15, 0.2) is 12.5 Å². The van der Waals surface area contributed by atoms with Crippen LogP contribution in [-0.2, 0) is 25.7 Å². The van der Waals surface area contributed by atoms with Gasteiger partial charge in [0, 0.05) is 6.92 Å². The maximum Gasteiger partial charge on any atom is 0.231 e. The molecule has 1 amide bonds. The summed E-state index contributed by atoms with van der Waals surface area (Å²) in [5, 5.41) is 2.56. The minimum atomic E-state index is -0.233. The molecule has 1 N–H and O–H groups in total. The van der Waals surface area contributed by atoms with E-state index >= 15 is 0 Å². The zero-order chi connectivity index (χ0) is 19.1. The molecule has 9 nitrogen and oxygen atoms in total. The first-order valence-electron chi connectivity index (χ1n) is 8.65. The molecule has 2 aromatic heterocycles. The van der Waals surface area contributed by atoms with Crippen LogP contribution >= 0.6 is 0 Å². The SMILES string of the molecule is CC(=O)Nc1ncc2ncn(COC(COC(C)C)COC(C)C)c2n1. The van der Waals surface area contributed by atoms with Crippen LogP contribution in [0.25, 0.3) is 11.2 Å². The molecule has 26 heavy (non-hydrogen) atoms. The molecule has 144 valence electrons. The lowest BCUT2D eigenvalue weighted by Gasteiger charge is -2.21. The zero-order valence-corrected chi connectivity index (χ0v) is 15.9. The second kappa shape index (κ2) is 9.56. The quantitative estimate of drug-likeness (QED) is 0.687. The van der Waals surface area contributed by atoms with Gasteiger partial charge < -0.3 is 14.2 Å². The number of rotatable bonds is 10. The van der Waals surface area contributed by atoms with Gasteiger partial charge in [-0.25, -0.2) is 9.97 Å². The summed E-state index contributed by atoms with van der Waals surface area (Å²) in [5.74, 6) is -0.00187. The van der Waals surface area contributed by atoms with Crippen molar-refractivity contribution in [1.82, 2.24) is 19.5 Å². The number of hydrogen-bond acceptors (Lipinski definition) is 7. The number of carbonyl (C=O) groups excluding carboxylic acids is 1. The van der Waals surface area contributed by atoms with Gasteiger partial charge in [0.15, 0.2) is 5.65 Å². The van der Waals surface area contributed by atoms with Crippen molar-refractivity contribution in [1.29, 1.82) is 0 Å². The number of anilines is 1. The molecule has 2 rings (SSSR count). The van der Waals surface area contributed by atoms with Gasteiger partial charge in [-0.15, -0.1) is 0 Å². The summed E-state index contributed by atoms with van der Waals surface area (Å²) in [6.45, 7) is 10.4. The summed E-state index contributed by atoms with van der Waals surface area (Å²) in [6, 6.07) is 0. The number of ether oxygens (including phenoxy) is 3. The van der Waals surface area contributed by atoms with Gasteiger partial charge in [0.25, 0.3) is 0 Å². The Labute approximate surface area is 153 Å². The molecule has 2 heterocycles. The number of fused-ring (bicyclic) bond motifs is 1. The summed E-state index contributed by atoms with van der Waals surface area (Å²) in [5.41, 5.74) is 1.20. The number of nitrogens with one attached hydrogen (secondary N) is 1. The van der Waals surface area contributed by atoms with E-state index in [1.165, 1.54) is 6.92 Å². The second-order valence-corrected chi connectivity index (χ2v) is 6.48. The van der Waals surface area contributed by atoms with E-state index in [0.29, 0.717) is 24.4 Å². The smallest absolute Gasteiger partial charge is 0.231 e. The molecule has 0 bridgehead atoms. The summed E-state index contributed by atoms with van der Waals surface area (Å²) in [4.78, 5) is 23.8. The Morgan fingerprint density at radius 3 is 2.35 bits per heavy atom. The molecule has 0 aromatic carbocycles. The van der Waals surface area contributed by atoms with Gasteiger partial charge in [-0.2, -0.15) is 4.98 Å². The number of aromatic nitrogens is 4. The fourth-order valence-electron chi connectivity index (χ4n) is 2.10. The molecule has 0 aliphatic heterocycles. The Bertz CT molecular complexity index is 704. The van der Waals surface area contributed by atoms with E-state index < -0.39 is 0 Å². The van der Waals surface area contributed by atoms with Gasteiger partial charge in [0.05, 0.1) is 37.9 Å². The van der Waals surface area contributed by atoms with Crippen molar-refractivity contribution in [3.8, 4) is 0 Å². The third-order valence-electron chi connectivity index (χ3n) is 3.33. The monoisotopic (exact) mass is 365 g/mol. The fraction of sp³-hybridized carbons (Fsp3) is 0.647. The molecule has 0 saturated heterocycles. The van der Waals surface area contributed by atoms with Crippen LogP contribution in [0, 0.1) is 0 Å². The predicted octanol–water partition coefficient (Wildman–Crippen LogP) is 1.98. The van der Waals surface area contributed by atoms with Crippen LogP contribution in [0.3, 0.4) is 0 Å². The third kappa shape index (κ3) is 6.32. The normalized spacial score (nSPS) is 11.8. The molecule has 9 heteroatoms. The molecule has 0 atom stereocenters. The van der Waals surface area contributed by atoms with Crippen LogP contribution < -0.4 is 5.32 Å². The molecular weight excluding hydrogens is 338 g/mol. The van der Waals surface area contributed by atoms with Gasteiger partial charge in [-0.3, -0.25) is 14.7 Å². The van der Waals surface area contributed by atoms with Crippen LogP contribution in [-0.4, -0.2) is 57.0 Å². The van der Waals surface area contributed by atoms with Gasteiger partial charge >= 0.3 is 0 Å². The highest BCUT2D eigenvalue weighted by Gasteiger charge is 2.14. The minimum Gasteiger partial charge on any atom is -0.376 e.